The monoisotopic (exact) mass is 245 g/mol. The average molecular weight is 245 g/mol. The molecule has 3 unspecified atom stereocenters. The fourth-order valence-corrected chi connectivity index (χ4v) is 4.36. The van der Waals surface area contributed by atoms with E-state index in [1.54, 1.807) is 0 Å². The van der Waals surface area contributed by atoms with Crippen LogP contribution in [0.25, 0.3) is 0 Å². The summed E-state index contributed by atoms with van der Waals surface area (Å²) in [6.45, 7) is 4.37. The van der Waals surface area contributed by atoms with Crippen molar-refractivity contribution >= 4 is 10.8 Å². The predicted molar refractivity (Wildman–Crippen MR) is 72.1 cm³/mol. The van der Waals surface area contributed by atoms with Gasteiger partial charge in [0.2, 0.25) is 0 Å². The van der Waals surface area contributed by atoms with E-state index in [-0.39, 0.29) is 0 Å². The third-order valence-electron chi connectivity index (χ3n) is 3.87. The Morgan fingerprint density at radius 3 is 2.44 bits per heavy atom. The molecule has 0 radical (unpaired) electrons. The van der Waals surface area contributed by atoms with Crippen LogP contribution in [-0.2, 0) is 10.8 Å². The lowest BCUT2D eigenvalue weighted by Crippen LogP contribution is -2.38. The van der Waals surface area contributed by atoms with E-state index in [0.717, 1.165) is 23.8 Å². The van der Waals surface area contributed by atoms with Crippen LogP contribution in [0.3, 0.4) is 0 Å². The van der Waals surface area contributed by atoms with E-state index in [2.05, 4.69) is 19.2 Å². The van der Waals surface area contributed by atoms with Crippen LogP contribution in [0.2, 0.25) is 0 Å². The van der Waals surface area contributed by atoms with E-state index in [4.69, 9.17) is 0 Å². The highest BCUT2D eigenvalue weighted by Gasteiger charge is 2.25. The van der Waals surface area contributed by atoms with Crippen molar-refractivity contribution in [1.29, 1.82) is 0 Å². The van der Waals surface area contributed by atoms with Gasteiger partial charge in [-0.15, -0.1) is 0 Å². The molecule has 1 aliphatic carbocycles. The van der Waals surface area contributed by atoms with Gasteiger partial charge in [-0.1, -0.05) is 33.1 Å². The quantitative estimate of drug-likeness (QED) is 0.747. The first-order valence-electron chi connectivity index (χ1n) is 6.69. The van der Waals surface area contributed by atoms with Crippen LogP contribution < -0.4 is 5.32 Å². The lowest BCUT2D eigenvalue weighted by Gasteiger charge is -2.23. The molecule has 1 N–H and O–H groups in total. The van der Waals surface area contributed by atoms with Gasteiger partial charge in [0, 0.05) is 28.3 Å². The zero-order valence-corrected chi connectivity index (χ0v) is 11.8. The van der Waals surface area contributed by atoms with Crippen LogP contribution in [0.1, 0.15) is 46.0 Å². The molecule has 3 atom stereocenters. The van der Waals surface area contributed by atoms with Crippen molar-refractivity contribution in [3.63, 3.8) is 0 Å². The first kappa shape index (κ1) is 14.2. The van der Waals surface area contributed by atoms with E-state index in [0.29, 0.717) is 12.0 Å². The van der Waals surface area contributed by atoms with E-state index in [1.165, 1.54) is 25.7 Å². The van der Waals surface area contributed by atoms with Gasteiger partial charge < -0.3 is 5.32 Å². The summed E-state index contributed by atoms with van der Waals surface area (Å²) >= 11 is 0. The second kappa shape index (κ2) is 7.44. The normalized spacial score (nSPS) is 23.2. The van der Waals surface area contributed by atoms with Gasteiger partial charge in [-0.2, -0.15) is 0 Å². The molecule has 0 spiro atoms. The maximum Gasteiger partial charge on any atom is 0.0391 e. The second-order valence-corrected chi connectivity index (χ2v) is 6.77. The standard InChI is InChI=1S/C13H27NOS/c1-4-11(2)9-16(15)10-13(14-3)12-7-5-6-8-12/h11-14H,4-10H2,1-3H3. The van der Waals surface area contributed by atoms with Crippen molar-refractivity contribution < 1.29 is 4.21 Å². The van der Waals surface area contributed by atoms with Gasteiger partial charge in [-0.25, -0.2) is 0 Å². The Balaban J connectivity index is 2.34. The van der Waals surface area contributed by atoms with Crippen LogP contribution in [-0.4, -0.2) is 28.8 Å². The van der Waals surface area contributed by atoms with Crippen LogP contribution in [0, 0.1) is 11.8 Å². The van der Waals surface area contributed by atoms with Crippen molar-refractivity contribution in [2.24, 2.45) is 11.8 Å². The molecule has 0 bridgehead atoms. The third kappa shape index (κ3) is 4.54. The molecule has 3 heteroatoms. The summed E-state index contributed by atoms with van der Waals surface area (Å²) in [4.78, 5) is 0. The summed E-state index contributed by atoms with van der Waals surface area (Å²) in [5.74, 6) is 3.10. The first-order valence-corrected chi connectivity index (χ1v) is 8.18. The Morgan fingerprint density at radius 2 is 1.94 bits per heavy atom. The molecule has 0 aliphatic heterocycles. The Morgan fingerprint density at radius 1 is 1.31 bits per heavy atom. The molecule has 0 aromatic rings. The van der Waals surface area contributed by atoms with Crippen molar-refractivity contribution in [3.8, 4) is 0 Å². The van der Waals surface area contributed by atoms with Crippen molar-refractivity contribution in [1.82, 2.24) is 5.32 Å². The molecule has 2 nitrogen and oxygen atoms in total. The molecule has 16 heavy (non-hydrogen) atoms. The highest BCUT2D eigenvalue weighted by molar-refractivity contribution is 7.85. The summed E-state index contributed by atoms with van der Waals surface area (Å²) < 4.78 is 12.0. The summed E-state index contributed by atoms with van der Waals surface area (Å²) in [5, 5.41) is 3.37. The molecule has 0 heterocycles. The van der Waals surface area contributed by atoms with E-state index in [9.17, 15) is 4.21 Å². The molecule has 1 fully saturated rings. The fraction of sp³-hybridized carbons (Fsp3) is 1.00. The van der Waals surface area contributed by atoms with E-state index in [1.807, 2.05) is 7.05 Å². The molecule has 0 aromatic heterocycles. The van der Waals surface area contributed by atoms with Gasteiger partial charge in [0.15, 0.2) is 0 Å². The largest absolute Gasteiger partial charge is 0.316 e. The zero-order chi connectivity index (χ0) is 12.0. The van der Waals surface area contributed by atoms with Crippen LogP contribution in [0.5, 0.6) is 0 Å². The summed E-state index contributed by atoms with van der Waals surface area (Å²) in [7, 11) is 1.38. The molecule has 1 aliphatic rings. The van der Waals surface area contributed by atoms with Crippen LogP contribution in [0.4, 0.5) is 0 Å². The predicted octanol–water partition coefficient (Wildman–Crippen LogP) is 2.56. The minimum Gasteiger partial charge on any atom is -0.316 e. The summed E-state index contributed by atoms with van der Waals surface area (Å²) in [5.41, 5.74) is 0. The lowest BCUT2D eigenvalue weighted by atomic mass is 10.0. The number of rotatable bonds is 7. The van der Waals surface area contributed by atoms with Gasteiger partial charge >= 0.3 is 0 Å². The average Bonchev–Trinajstić information content (AvgIpc) is 2.79. The summed E-state index contributed by atoms with van der Waals surface area (Å²) in [6.07, 6.45) is 6.51. The van der Waals surface area contributed by atoms with Gasteiger partial charge in [0.05, 0.1) is 0 Å². The van der Waals surface area contributed by atoms with Crippen LogP contribution >= 0.6 is 0 Å². The lowest BCUT2D eigenvalue weighted by molar-refractivity contribution is 0.407. The third-order valence-corrected chi connectivity index (χ3v) is 5.54. The van der Waals surface area contributed by atoms with Crippen LogP contribution in [0.15, 0.2) is 0 Å². The van der Waals surface area contributed by atoms with Crippen molar-refractivity contribution in [2.75, 3.05) is 18.6 Å². The minimum atomic E-state index is -0.638. The molecule has 0 saturated heterocycles. The number of hydrogen-bond donors (Lipinski definition) is 1. The van der Waals surface area contributed by atoms with Gasteiger partial charge in [0.1, 0.15) is 0 Å². The maximum atomic E-state index is 12.0. The number of hydrogen-bond acceptors (Lipinski definition) is 2. The molecule has 0 amide bonds. The van der Waals surface area contributed by atoms with Gasteiger partial charge in [-0.05, 0) is 31.7 Å². The van der Waals surface area contributed by atoms with Gasteiger partial charge in [-0.3, -0.25) is 4.21 Å². The van der Waals surface area contributed by atoms with E-state index < -0.39 is 10.8 Å². The number of nitrogens with one attached hydrogen (secondary N) is 1. The molecule has 1 saturated carbocycles. The maximum absolute atomic E-state index is 12.0. The molecule has 96 valence electrons. The SMILES string of the molecule is CCC(C)CS(=O)CC(NC)C1CCCC1. The topological polar surface area (TPSA) is 29.1 Å². The molecule has 0 aromatic carbocycles. The fourth-order valence-electron chi connectivity index (χ4n) is 2.52. The Bertz CT molecular complexity index is 214. The molecular formula is C13H27NOS. The smallest absolute Gasteiger partial charge is 0.0391 e. The Hall–Kier alpha value is 0.110. The molecule has 1 rings (SSSR count). The first-order chi connectivity index (χ1) is 7.67. The van der Waals surface area contributed by atoms with E-state index >= 15 is 0 Å². The minimum absolute atomic E-state index is 0.479. The highest BCUT2D eigenvalue weighted by Crippen LogP contribution is 2.28. The van der Waals surface area contributed by atoms with Crippen molar-refractivity contribution in [2.45, 2.75) is 52.0 Å². The highest BCUT2D eigenvalue weighted by atomic mass is 32.2. The second-order valence-electron chi connectivity index (χ2n) is 5.23. The Kier molecular flexibility index (Phi) is 6.59. The Labute approximate surface area is 103 Å². The summed E-state index contributed by atoms with van der Waals surface area (Å²) in [6, 6.07) is 0.479. The zero-order valence-electron chi connectivity index (χ0n) is 11.0. The molecular weight excluding hydrogens is 218 g/mol. The van der Waals surface area contributed by atoms with Crippen molar-refractivity contribution in [3.05, 3.63) is 0 Å². The van der Waals surface area contributed by atoms with Gasteiger partial charge in [0.25, 0.3) is 0 Å².